The van der Waals surface area contributed by atoms with Gasteiger partial charge in [0.05, 0.1) is 6.10 Å². The van der Waals surface area contributed by atoms with Gasteiger partial charge in [0.15, 0.2) is 0 Å². The second-order valence-electron chi connectivity index (χ2n) is 4.87. The van der Waals surface area contributed by atoms with Gasteiger partial charge < -0.3 is 5.11 Å². The van der Waals surface area contributed by atoms with E-state index in [2.05, 4.69) is 43.0 Å². The molecule has 1 aromatic rings. The standard InChI is InChI=1S/C13H19NO/c1-13(2)12(15)8-9-14(13)10-11-6-4-3-5-7-11/h3-7,12,15H,8-10H2,1-2H3. The van der Waals surface area contributed by atoms with E-state index >= 15 is 0 Å². The van der Waals surface area contributed by atoms with Crippen molar-refractivity contribution in [2.75, 3.05) is 6.54 Å². The predicted molar refractivity (Wildman–Crippen MR) is 61.6 cm³/mol. The molecule has 1 heterocycles. The minimum Gasteiger partial charge on any atom is -0.391 e. The fourth-order valence-electron chi connectivity index (χ4n) is 2.22. The zero-order valence-corrected chi connectivity index (χ0v) is 9.48. The van der Waals surface area contributed by atoms with Crippen molar-refractivity contribution in [3.8, 4) is 0 Å². The van der Waals surface area contributed by atoms with E-state index < -0.39 is 0 Å². The van der Waals surface area contributed by atoms with E-state index in [1.54, 1.807) is 0 Å². The Kier molecular flexibility index (Phi) is 2.81. The zero-order valence-electron chi connectivity index (χ0n) is 9.48. The second-order valence-corrected chi connectivity index (χ2v) is 4.87. The highest BCUT2D eigenvalue weighted by atomic mass is 16.3. The Morgan fingerprint density at radius 1 is 1.33 bits per heavy atom. The van der Waals surface area contributed by atoms with E-state index in [4.69, 9.17) is 0 Å². The SMILES string of the molecule is CC1(C)C(O)CCN1Cc1ccccc1. The summed E-state index contributed by atoms with van der Waals surface area (Å²) < 4.78 is 0. The second kappa shape index (κ2) is 3.95. The molecule has 0 amide bonds. The number of aliphatic hydroxyl groups excluding tert-OH is 1. The van der Waals surface area contributed by atoms with Crippen LogP contribution in [0.2, 0.25) is 0 Å². The van der Waals surface area contributed by atoms with E-state index in [1.165, 1.54) is 5.56 Å². The molecule has 0 spiro atoms. The van der Waals surface area contributed by atoms with E-state index in [-0.39, 0.29) is 11.6 Å². The Labute approximate surface area is 91.5 Å². The van der Waals surface area contributed by atoms with Gasteiger partial charge >= 0.3 is 0 Å². The molecule has 1 saturated heterocycles. The van der Waals surface area contributed by atoms with Crippen molar-refractivity contribution in [3.63, 3.8) is 0 Å². The summed E-state index contributed by atoms with van der Waals surface area (Å²) in [4.78, 5) is 2.35. The molecule has 1 aliphatic heterocycles. The van der Waals surface area contributed by atoms with Gasteiger partial charge in [-0.05, 0) is 25.8 Å². The van der Waals surface area contributed by atoms with Crippen molar-refractivity contribution >= 4 is 0 Å². The summed E-state index contributed by atoms with van der Waals surface area (Å²) in [6.07, 6.45) is 0.695. The van der Waals surface area contributed by atoms with Crippen LogP contribution in [0.15, 0.2) is 30.3 Å². The molecule has 1 atom stereocenters. The van der Waals surface area contributed by atoms with Crippen molar-refractivity contribution in [2.24, 2.45) is 0 Å². The Hall–Kier alpha value is -0.860. The number of likely N-dealkylation sites (tertiary alicyclic amines) is 1. The topological polar surface area (TPSA) is 23.5 Å². The van der Waals surface area contributed by atoms with Gasteiger partial charge in [0.1, 0.15) is 0 Å². The Morgan fingerprint density at radius 3 is 2.53 bits per heavy atom. The largest absolute Gasteiger partial charge is 0.391 e. The van der Waals surface area contributed by atoms with Crippen molar-refractivity contribution in [1.29, 1.82) is 0 Å². The van der Waals surface area contributed by atoms with Gasteiger partial charge in [0, 0.05) is 18.6 Å². The number of rotatable bonds is 2. The highest BCUT2D eigenvalue weighted by Crippen LogP contribution is 2.30. The number of hydrogen-bond donors (Lipinski definition) is 1. The smallest absolute Gasteiger partial charge is 0.0730 e. The predicted octanol–water partition coefficient (Wildman–Crippen LogP) is 2.03. The molecule has 0 aromatic heterocycles. The Morgan fingerprint density at radius 2 is 2.00 bits per heavy atom. The summed E-state index contributed by atoms with van der Waals surface area (Å²) in [5.41, 5.74) is 1.23. The van der Waals surface area contributed by atoms with E-state index in [0.29, 0.717) is 0 Å². The lowest BCUT2D eigenvalue weighted by Gasteiger charge is -2.33. The van der Waals surface area contributed by atoms with Crippen LogP contribution >= 0.6 is 0 Å². The van der Waals surface area contributed by atoms with Crippen molar-refractivity contribution < 1.29 is 5.11 Å². The molecule has 1 aliphatic rings. The summed E-state index contributed by atoms with van der Waals surface area (Å²) in [5.74, 6) is 0. The van der Waals surface area contributed by atoms with Crippen LogP contribution in [0, 0.1) is 0 Å². The van der Waals surface area contributed by atoms with Gasteiger partial charge in [-0.2, -0.15) is 0 Å². The van der Waals surface area contributed by atoms with Gasteiger partial charge in [0.25, 0.3) is 0 Å². The maximum Gasteiger partial charge on any atom is 0.0730 e. The van der Waals surface area contributed by atoms with Crippen LogP contribution in [-0.4, -0.2) is 28.2 Å². The lowest BCUT2D eigenvalue weighted by Crippen LogP contribution is -2.44. The molecule has 0 aliphatic carbocycles. The van der Waals surface area contributed by atoms with E-state index in [9.17, 15) is 5.11 Å². The van der Waals surface area contributed by atoms with Gasteiger partial charge in [-0.1, -0.05) is 30.3 Å². The van der Waals surface area contributed by atoms with Crippen LogP contribution < -0.4 is 0 Å². The minimum absolute atomic E-state index is 0.0875. The molecule has 2 heteroatoms. The third-order valence-corrected chi connectivity index (χ3v) is 3.52. The van der Waals surface area contributed by atoms with Crippen LogP contribution in [0.5, 0.6) is 0 Å². The first-order chi connectivity index (χ1) is 7.10. The van der Waals surface area contributed by atoms with Crippen LogP contribution in [0.4, 0.5) is 0 Å². The first-order valence-corrected chi connectivity index (χ1v) is 5.58. The molecule has 0 saturated carbocycles. The van der Waals surface area contributed by atoms with Crippen LogP contribution in [-0.2, 0) is 6.54 Å². The summed E-state index contributed by atoms with van der Waals surface area (Å²) in [5, 5.41) is 9.86. The van der Waals surface area contributed by atoms with Gasteiger partial charge in [0.2, 0.25) is 0 Å². The molecule has 2 nitrogen and oxygen atoms in total. The molecule has 1 fully saturated rings. The first kappa shape index (κ1) is 10.7. The molecule has 1 unspecified atom stereocenters. The number of benzene rings is 1. The van der Waals surface area contributed by atoms with Crippen molar-refractivity contribution in [1.82, 2.24) is 4.90 Å². The van der Waals surface area contributed by atoms with Crippen molar-refractivity contribution in [2.45, 2.75) is 38.5 Å². The average Bonchev–Trinajstić information content (AvgIpc) is 2.47. The molecular formula is C13H19NO. The number of nitrogens with zero attached hydrogens (tertiary/aromatic N) is 1. The van der Waals surface area contributed by atoms with E-state index in [0.717, 1.165) is 19.5 Å². The molecule has 15 heavy (non-hydrogen) atoms. The van der Waals surface area contributed by atoms with Crippen molar-refractivity contribution in [3.05, 3.63) is 35.9 Å². The normalized spacial score (nSPS) is 25.7. The van der Waals surface area contributed by atoms with Crippen LogP contribution in [0.3, 0.4) is 0 Å². The molecule has 1 aromatic carbocycles. The maximum absolute atomic E-state index is 9.86. The van der Waals surface area contributed by atoms with Crippen LogP contribution in [0.1, 0.15) is 25.8 Å². The van der Waals surface area contributed by atoms with E-state index in [1.807, 2.05) is 6.07 Å². The van der Waals surface area contributed by atoms with Crippen LogP contribution in [0.25, 0.3) is 0 Å². The van der Waals surface area contributed by atoms with Gasteiger partial charge in [-0.3, -0.25) is 4.90 Å². The quantitative estimate of drug-likeness (QED) is 0.798. The Bertz CT molecular complexity index is 321. The minimum atomic E-state index is -0.193. The third-order valence-electron chi connectivity index (χ3n) is 3.52. The monoisotopic (exact) mass is 205 g/mol. The highest BCUT2D eigenvalue weighted by molar-refractivity contribution is 5.15. The molecule has 2 rings (SSSR count). The lowest BCUT2D eigenvalue weighted by atomic mass is 9.98. The molecular weight excluding hydrogens is 186 g/mol. The fourth-order valence-corrected chi connectivity index (χ4v) is 2.22. The number of aliphatic hydroxyl groups is 1. The summed E-state index contributed by atoms with van der Waals surface area (Å²) >= 11 is 0. The molecule has 1 N–H and O–H groups in total. The number of hydrogen-bond acceptors (Lipinski definition) is 2. The lowest BCUT2D eigenvalue weighted by molar-refractivity contribution is 0.0506. The third kappa shape index (κ3) is 2.06. The summed E-state index contributed by atoms with van der Waals surface area (Å²) in [6, 6.07) is 10.4. The molecule has 0 bridgehead atoms. The van der Waals surface area contributed by atoms with Gasteiger partial charge in [-0.25, -0.2) is 0 Å². The maximum atomic E-state index is 9.86. The Balaban J connectivity index is 2.08. The summed E-state index contributed by atoms with van der Waals surface area (Å²) in [7, 11) is 0. The average molecular weight is 205 g/mol. The zero-order chi connectivity index (χ0) is 10.9. The first-order valence-electron chi connectivity index (χ1n) is 5.58. The fraction of sp³-hybridized carbons (Fsp3) is 0.538. The highest BCUT2D eigenvalue weighted by Gasteiger charge is 2.39. The van der Waals surface area contributed by atoms with Gasteiger partial charge in [-0.15, -0.1) is 0 Å². The summed E-state index contributed by atoms with van der Waals surface area (Å²) in [6.45, 7) is 6.16. The molecule has 82 valence electrons. The molecule has 0 radical (unpaired) electrons.